The van der Waals surface area contributed by atoms with Gasteiger partial charge in [0.05, 0.1) is 18.4 Å². The Balaban J connectivity index is 1.61. The van der Waals surface area contributed by atoms with E-state index in [1.54, 1.807) is 22.8 Å². The predicted octanol–water partition coefficient (Wildman–Crippen LogP) is 5.14. The SMILES string of the molecule is Cc1ccc(Cl)cc1NC(=O)Cn1c2ccc(F)cc2c2ncn(Cc3ccccc3)c(=O)c21. The minimum absolute atomic E-state index is 0.149. The first-order chi connectivity index (χ1) is 16.4. The van der Waals surface area contributed by atoms with E-state index in [1.807, 2.05) is 43.3 Å². The van der Waals surface area contributed by atoms with Gasteiger partial charge in [0.2, 0.25) is 5.91 Å². The van der Waals surface area contributed by atoms with Crippen LogP contribution in [0.3, 0.4) is 0 Å². The van der Waals surface area contributed by atoms with Crippen LogP contribution in [-0.4, -0.2) is 20.0 Å². The molecule has 5 aromatic rings. The Morgan fingerprint density at radius 1 is 1.09 bits per heavy atom. The number of amides is 1. The van der Waals surface area contributed by atoms with E-state index in [0.717, 1.165) is 11.1 Å². The third-order valence-electron chi connectivity index (χ3n) is 5.76. The molecule has 2 heterocycles. The zero-order valence-corrected chi connectivity index (χ0v) is 19.0. The third-order valence-corrected chi connectivity index (χ3v) is 5.99. The number of nitrogens with zero attached hydrogens (tertiary/aromatic N) is 3. The maximum Gasteiger partial charge on any atom is 0.278 e. The Labute approximate surface area is 199 Å². The number of aromatic nitrogens is 3. The highest BCUT2D eigenvalue weighted by molar-refractivity contribution is 6.31. The molecule has 34 heavy (non-hydrogen) atoms. The average molecular weight is 475 g/mol. The van der Waals surface area contributed by atoms with E-state index < -0.39 is 5.82 Å². The predicted molar refractivity (Wildman–Crippen MR) is 132 cm³/mol. The number of benzene rings is 3. The highest BCUT2D eigenvalue weighted by atomic mass is 35.5. The molecule has 0 aliphatic carbocycles. The Kier molecular flexibility index (Phi) is 5.63. The van der Waals surface area contributed by atoms with Gasteiger partial charge in [0, 0.05) is 16.1 Å². The van der Waals surface area contributed by atoms with Gasteiger partial charge in [0.1, 0.15) is 23.4 Å². The van der Waals surface area contributed by atoms with Crippen molar-refractivity contribution in [2.75, 3.05) is 5.32 Å². The second kappa shape index (κ2) is 8.76. The van der Waals surface area contributed by atoms with Gasteiger partial charge in [0.15, 0.2) is 0 Å². The van der Waals surface area contributed by atoms with Crippen LogP contribution in [0.1, 0.15) is 11.1 Å². The van der Waals surface area contributed by atoms with Gasteiger partial charge >= 0.3 is 0 Å². The summed E-state index contributed by atoms with van der Waals surface area (Å²) < 4.78 is 17.1. The number of fused-ring (bicyclic) bond motifs is 3. The molecule has 0 atom stereocenters. The van der Waals surface area contributed by atoms with Crippen LogP contribution in [0, 0.1) is 12.7 Å². The number of halogens is 2. The molecule has 5 rings (SSSR count). The highest BCUT2D eigenvalue weighted by Gasteiger charge is 2.19. The van der Waals surface area contributed by atoms with Gasteiger partial charge in [-0.1, -0.05) is 48.0 Å². The van der Waals surface area contributed by atoms with Crippen LogP contribution in [0.5, 0.6) is 0 Å². The summed E-state index contributed by atoms with van der Waals surface area (Å²) in [4.78, 5) is 31.0. The standard InChI is InChI=1S/C26H20ClFN4O2/c1-16-7-8-18(27)11-21(16)30-23(33)14-32-22-10-9-19(28)12-20(22)24-25(32)26(34)31(15-29-24)13-17-5-3-2-4-6-17/h2-12,15H,13-14H2,1H3,(H,30,33). The highest BCUT2D eigenvalue weighted by Crippen LogP contribution is 2.27. The van der Waals surface area contributed by atoms with E-state index in [-0.39, 0.29) is 23.5 Å². The molecule has 1 N–H and O–H groups in total. The number of carbonyl (C=O) groups is 1. The Morgan fingerprint density at radius 3 is 2.68 bits per heavy atom. The van der Waals surface area contributed by atoms with Gasteiger partial charge in [-0.25, -0.2) is 9.37 Å². The van der Waals surface area contributed by atoms with Gasteiger partial charge in [0.25, 0.3) is 5.56 Å². The van der Waals surface area contributed by atoms with Crippen molar-refractivity contribution in [1.82, 2.24) is 14.1 Å². The summed E-state index contributed by atoms with van der Waals surface area (Å²) >= 11 is 6.07. The van der Waals surface area contributed by atoms with Crippen molar-refractivity contribution in [3.8, 4) is 0 Å². The molecule has 170 valence electrons. The van der Waals surface area contributed by atoms with Crippen LogP contribution >= 0.6 is 11.6 Å². The van der Waals surface area contributed by atoms with Gasteiger partial charge in [-0.3, -0.25) is 14.2 Å². The van der Waals surface area contributed by atoms with Crippen molar-refractivity contribution in [3.05, 3.63) is 105 Å². The Morgan fingerprint density at radius 2 is 1.88 bits per heavy atom. The molecule has 1 amide bonds. The summed E-state index contributed by atoms with van der Waals surface area (Å²) in [6.07, 6.45) is 1.46. The summed E-state index contributed by atoms with van der Waals surface area (Å²) in [6.45, 7) is 2.04. The first-order valence-electron chi connectivity index (χ1n) is 10.7. The number of rotatable bonds is 5. The fourth-order valence-corrected chi connectivity index (χ4v) is 4.26. The molecule has 6 nitrogen and oxygen atoms in total. The number of nitrogens with one attached hydrogen (secondary N) is 1. The second-order valence-corrected chi connectivity index (χ2v) is 8.55. The molecular formula is C26H20ClFN4O2. The van der Waals surface area contributed by atoms with Crippen LogP contribution in [0.25, 0.3) is 21.9 Å². The molecule has 0 bridgehead atoms. The van der Waals surface area contributed by atoms with E-state index in [0.29, 0.717) is 33.7 Å². The Bertz CT molecular complexity index is 1610. The largest absolute Gasteiger partial charge is 0.325 e. The zero-order chi connectivity index (χ0) is 23.8. The molecule has 0 unspecified atom stereocenters. The lowest BCUT2D eigenvalue weighted by atomic mass is 10.2. The van der Waals surface area contributed by atoms with E-state index in [1.165, 1.54) is 23.0 Å². The second-order valence-electron chi connectivity index (χ2n) is 8.12. The Hall–Kier alpha value is -3.97. The first-order valence-corrected chi connectivity index (χ1v) is 11.1. The molecule has 8 heteroatoms. The maximum atomic E-state index is 14.1. The van der Waals surface area contributed by atoms with Crippen LogP contribution in [0.2, 0.25) is 5.02 Å². The topological polar surface area (TPSA) is 68.9 Å². The summed E-state index contributed by atoms with van der Waals surface area (Å²) in [7, 11) is 0. The molecule has 0 saturated heterocycles. The van der Waals surface area contributed by atoms with Crippen molar-refractivity contribution in [2.45, 2.75) is 20.0 Å². The zero-order valence-electron chi connectivity index (χ0n) is 18.3. The van der Waals surface area contributed by atoms with E-state index in [2.05, 4.69) is 10.3 Å². The molecule has 0 saturated carbocycles. The molecule has 0 fully saturated rings. The number of anilines is 1. The normalized spacial score (nSPS) is 11.3. The maximum absolute atomic E-state index is 14.1. The fourth-order valence-electron chi connectivity index (χ4n) is 4.09. The summed E-state index contributed by atoms with van der Waals surface area (Å²) in [6, 6.07) is 19.0. The first kappa shape index (κ1) is 21.9. The molecule has 0 aliphatic rings. The average Bonchev–Trinajstić information content (AvgIpc) is 3.12. The summed E-state index contributed by atoms with van der Waals surface area (Å²) in [5.74, 6) is -0.785. The summed E-state index contributed by atoms with van der Waals surface area (Å²) in [5.41, 5.74) is 3.23. The van der Waals surface area contributed by atoms with Gasteiger partial charge in [-0.2, -0.15) is 0 Å². The third kappa shape index (κ3) is 4.06. The smallest absolute Gasteiger partial charge is 0.278 e. The van der Waals surface area contributed by atoms with Crippen molar-refractivity contribution >= 4 is 45.1 Å². The fraction of sp³-hybridized carbons (Fsp3) is 0.115. The van der Waals surface area contributed by atoms with Crippen LogP contribution in [-0.2, 0) is 17.9 Å². The van der Waals surface area contributed by atoms with Gasteiger partial charge < -0.3 is 9.88 Å². The molecule has 0 radical (unpaired) electrons. The minimum atomic E-state index is -0.444. The lowest BCUT2D eigenvalue weighted by molar-refractivity contribution is -0.116. The monoisotopic (exact) mass is 474 g/mol. The van der Waals surface area contributed by atoms with Crippen LogP contribution in [0.4, 0.5) is 10.1 Å². The number of carbonyl (C=O) groups excluding carboxylic acids is 1. The van der Waals surface area contributed by atoms with Gasteiger partial charge in [-0.15, -0.1) is 0 Å². The van der Waals surface area contributed by atoms with Gasteiger partial charge in [-0.05, 0) is 48.4 Å². The molecule has 0 aliphatic heterocycles. The van der Waals surface area contributed by atoms with Crippen molar-refractivity contribution in [2.24, 2.45) is 0 Å². The molecular weight excluding hydrogens is 455 g/mol. The quantitative estimate of drug-likeness (QED) is 0.383. The minimum Gasteiger partial charge on any atom is -0.325 e. The van der Waals surface area contributed by atoms with Crippen molar-refractivity contribution in [3.63, 3.8) is 0 Å². The summed E-state index contributed by atoms with van der Waals surface area (Å²) in [5, 5.41) is 3.84. The van der Waals surface area contributed by atoms with E-state index >= 15 is 0 Å². The molecule has 3 aromatic carbocycles. The number of hydrogen-bond donors (Lipinski definition) is 1. The van der Waals surface area contributed by atoms with Crippen LogP contribution < -0.4 is 10.9 Å². The van der Waals surface area contributed by atoms with Crippen molar-refractivity contribution in [1.29, 1.82) is 0 Å². The molecule has 0 spiro atoms. The van der Waals surface area contributed by atoms with E-state index in [4.69, 9.17) is 11.6 Å². The van der Waals surface area contributed by atoms with Crippen LogP contribution in [0.15, 0.2) is 77.9 Å². The molecule has 2 aromatic heterocycles. The van der Waals surface area contributed by atoms with Crippen molar-refractivity contribution < 1.29 is 9.18 Å². The lowest BCUT2D eigenvalue weighted by Gasteiger charge is -2.11. The lowest BCUT2D eigenvalue weighted by Crippen LogP contribution is -2.25. The number of hydrogen-bond acceptors (Lipinski definition) is 3. The van der Waals surface area contributed by atoms with E-state index in [9.17, 15) is 14.0 Å². The number of aryl methyl sites for hydroxylation is 1.